The molecule has 1 saturated heterocycles. The van der Waals surface area contributed by atoms with Crippen LogP contribution in [0.4, 0.5) is 0 Å². The normalized spacial score (nSPS) is 21.9. The highest BCUT2D eigenvalue weighted by molar-refractivity contribution is 5.80. The van der Waals surface area contributed by atoms with Crippen molar-refractivity contribution in [3.8, 4) is 0 Å². The molecule has 0 aromatic heterocycles. The Morgan fingerprint density at radius 3 is 2.67 bits per heavy atom. The Balaban J connectivity index is 1.78. The first-order chi connectivity index (χ1) is 10.0. The predicted octanol–water partition coefficient (Wildman–Crippen LogP) is 2.80. The van der Waals surface area contributed by atoms with Crippen molar-refractivity contribution in [1.82, 2.24) is 4.90 Å². The van der Waals surface area contributed by atoms with Crippen LogP contribution in [0.2, 0.25) is 0 Å². The zero-order chi connectivity index (χ0) is 15.3. The van der Waals surface area contributed by atoms with Crippen molar-refractivity contribution in [2.45, 2.75) is 26.2 Å². The molecule has 112 valence electrons. The molecule has 21 heavy (non-hydrogen) atoms. The number of rotatable bonds is 5. The first kappa shape index (κ1) is 15.3. The number of carboxylic acid groups (broad SMARTS) is 1. The fourth-order valence-corrected chi connectivity index (χ4v) is 2.50. The molecule has 0 aliphatic carbocycles. The van der Waals surface area contributed by atoms with Gasteiger partial charge in [-0.15, -0.1) is 0 Å². The van der Waals surface area contributed by atoms with Crippen LogP contribution in [0.1, 0.15) is 31.7 Å². The summed E-state index contributed by atoms with van der Waals surface area (Å²) in [6.07, 6.45) is 5.62. The second kappa shape index (κ2) is 6.57. The van der Waals surface area contributed by atoms with E-state index in [-0.39, 0.29) is 5.91 Å². The topological polar surface area (TPSA) is 57.6 Å². The fraction of sp³-hybridized carbons (Fsp3) is 0.412. The minimum Gasteiger partial charge on any atom is -0.481 e. The molecule has 0 radical (unpaired) electrons. The third-order valence-corrected chi connectivity index (χ3v) is 3.98. The minimum atomic E-state index is -0.818. The molecular formula is C17H21NO3. The summed E-state index contributed by atoms with van der Waals surface area (Å²) in [7, 11) is 0. The van der Waals surface area contributed by atoms with Crippen molar-refractivity contribution in [3.63, 3.8) is 0 Å². The number of aliphatic carboxylic acids is 1. The molecular weight excluding hydrogens is 266 g/mol. The highest BCUT2D eigenvalue weighted by Gasteiger charge is 2.41. The molecule has 4 nitrogen and oxygen atoms in total. The summed E-state index contributed by atoms with van der Waals surface area (Å²) in [5.74, 6) is -0.778. The number of hydrogen-bond acceptors (Lipinski definition) is 2. The Kier molecular flexibility index (Phi) is 4.78. The summed E-state index contributed by atoms with van der Waals surface area (Å²) in [6.45, 7) is 2.57. The Hall–Kier alpha value is -2.10. The number of carbonyl (C=O) groups excluding carboxylic acids is 1. The number of likely N-dealkylation sites (tertiary alicyclic amines) is 1. The zero-order valence-electron chi connectivity index (χ0n) is 12.3. The van der Waals surface area contributed by atoms with Gasteiger partial charge in [0.1, 0.15) is 0 Å². The molecule has 1 aromatic carbocycles. The smallest absolute Gasteiger partial charge is 0.311 e. The highest BCUT2D eigenvalue weighted by Crippen LogP contribution is 2.30. The van der Waals surface area contributed by atoms with Gasteiger partial charge in [0.15, 0.2) is 0 Å². The van der Waals surface area contributed by atoms with E-state index in [0.717, 1.165) is 5.56 Å². The molecule has 1 fully saturated rings. The van der Waals surface area contributed by atoms with Gasteiger partial charge >= 0.3 is 5.97 Å². The first-order valence-electron chi connectivity index (χ1n) is 7.24. The molecule has 1 aliphatic heterocycles. The molecule has 1 aliphatic rings. The molecule has 0 bridgehead atoms. The lowest BCUT2D eigenvalue weighted by Gasteiger charge is -2.19. The fourth-order valence-electron chi connectivity index (χ4n) is 2.50. The van der Waals surface area contributed by atoms with E-state index in [1.54, 1.807) is 11.8 Å². The van der Waals surface area contributed by atoms with E-state index in [4.69, 9.17) is 5.11 Å². The number of benzene rings is 1. The van der Waals surface area contributed by atoms with Crippen LogP contribution in [0.3, 0.4) is 0 Å². The molecule has 4 heteroatoms. The zero-order valence-corrected chi connectivity index (χ0v) is 12.3. The quantitative estimate of drug-likeness (QED) is 0.906. The van der Waals surface area contributed by atoms with Gasteiger partial charge in [0.05, 0.1) is 5.41 Å². The Morgan fingerprint density at radius 1 is 1.33 bits per heavy atom. The maximum absolute atomic E-state index is 12.1. The van der Waals surface area contributed by atoms with Crippen LogP contribution < -0.4 is 0 Å². The van der Waals surface area contributed by atoms with Crippen molar-refractivity contribution in [1.29, 1.82) is 0 Å². The van der Waals surface area contributed by atoms with Gasteiger partial charge in [0, 0.05) is 19.5 Å². The van der Waals surface area contributed by atoms with Gasteiger partial charge in [-0.3, -0.25) is 9.59 Å². The molecule has 0 spiro atoms. The van der Waals surface area contributed by atoms with Crippen LogP contribution in [-0.4, -0.2) is 35.0 Å². The number of carbonyl (C=O) groups is 2. The monoisotopic (exact) mass is 287 g/mol. The van der Waals surface area contributed by atoms with Gasteiger partial charge < -0.3 is 10.0 Å². The average molecular weight is 287 g/mol. The van der Waals surface area contributed by atoms with Crippen molar-refractivity contribution in [2.75, 3.05) is 13.1 Å². The SMILES string of the molecule is C[C@]1(C(=O)O)CCN(C(=O)CCC=Cc2ccccc2)C1. The van der Waals surface area contributed by atoms with Crippen LogP contribution in [0.5, 0.6) is 0 Å². The number of allylic oxidation sites excluding steroid dienone is 1. The lowest BCUT2D eigenvalue weighted by Crippen LogP contribution is -2.34. The van der Waals surface area contributed by atoms with E-state index in [0.29, 0.717) is 32.4 Å². The van der Waals surface area contributed by atoms with E-state index < -0.39 is 11.4 Å². The molecule has 0 unspecified atom stereocenters. The van der Waals surface area contributed by atoms with E-state index in [9.17, 15) is 9.59 Å². The van der Waals surface area contributed by atoms with Gasteiger partial charge in [-0.05, 0) is 25.3 Å². The Bertz CT molecular complexity index is 538. The summed E-state index contributed by atoms with van der Waals surface area (Å²) in [4.78, 5) is 24.9. The van der Waals surface area contributed by atoms with Crippen molar-refractivity contribution in [2.24, 2.45) is 5.41 Å². The largest absolute Gasteiger partial charge is 0.481 e. The van der Waals surface area contributed by atoms with Crippen LogP contribution in [0, 0.1) is 5.41 Å². The van der Waals surface area contributed by atoms with Crippen molar-refractivity contribution >= 4 is 18.0 Å². The molecule has 1 N–H and O–H groups in total. The number of carboxylic acids is 1. The lowest BCUT2D eigenvalue weighted by atomic mass is 9.90. The Labute approximate surface area is 125 Å². The second-order valence-electron chi connectivity index (χ2n) is 5.78. The third kappa shape index (κ3) is 3.94. The highest BCUT2D eigenvalue weighted by atomic mass is 16.4. The first-order valence-corrected chi connectivity index (χ1v) is 7.24. The van der Waals surface area contributed by atoms with Gasteiger partial charge in [-0.1, -0.05) is 42.5 Å². The number of nitrogens with zero attached hydrogens (tertiary/aromatic N) is 1. The number of amides is 1. The van der Waals surface area contributed by atoms with E-state index >= 15 is 0 Å². The summed E-state index contributed by atoms with van der Waals surface area (Å²) in [5.41, 5.74) is 0.333. The average Bonchev–Trinajstić information content (AvgIpc) is 2.89. The third-order valence-electron chi connectivity index (χ3n) is 3.98. The number of hydrogen-bond donors (Lipinski definition) is 1. The second-order valence-corrected chi connectivity index (χ2v) is 5.78. The predicted molar refractivity (Wildman–Crippen MR) is 81.6 cm³/mol. The van der Waals surface area contributed by atoms with Crippen LogP contribution in [-0.2, 0) is 9.59 Å². The summed E-state index contributed by atoms with van der Waals surface area (Å²) < 4.78 is 0. The van der Waals surface area contributed by atoms with E-state index in [1.807, 2.05) is 42.5 Å². The molecule has 2 rings (SSSR count). The standard InChI is InChI=1S/C17H21NO3/c1-17(16(20)21)11-12-18(13-17)15(19)10-6-5-9-14-7-3-2-4-8-14/h2-5,7-9H,6,10-13H2,1H3,(H,20,21)/t17-/m0/s1. The van der Waals surface area contributed by atoms with Crippen LogP contribution in [0.25, 0.3) is 6.08 Å². The summed E-state index contributed by atoms with van der Waals surface area (Å²) in [5, 5.41) is 9.16. The maximum atomic E-state index is 12.1. The van der Waals surface area contributed by atoms with Gasteiger partial charge in [-0.25, -0.2) is 0 Å². The van der Waals surface area contributed by atoms with Crippen molar-refractivity contribution < 1.29 is 14.7 Å². The van der Waals surface area contributed by atoms with Gasteiger partial charge in [0.2, 0.25) is 5.91 Å². The van der Waals surface area contributed by atoms with Crippen LogP contribution >= 0.6 is 0 Å². The molecule has 1 aromatic rings. The van der Waals surface area contributed by atoms with E-state index in [1.165, 1.54) is 0 Å². The Morgan fingerprint density at radius 2 is 2.05 bits per heavy atom. The molecule has 0 saturated carbocycles. The maximum Gasteiger partial charge on any atom is 0.311 e. The molecule has 1 atom stereocenters. The van der Waals surface area contributed by atoms with E-state index in [2.05, 4.69) is 0 Å². The van der Waals surface area contributed by atoms with Gasteiger partial charge in [-0.2, -0.15) is 0 Å². The molecule has 1 amide bonds. The van der Waals surface area contributed by atoms with Crippen LogP contribution in [0.15, 0.2) is 36.4 Å². The summed E-state index contributed by atoms with van der Waals surface area (Å²) in [6, 6.07) is 9.94. The minimum absolute atomic E-state index is 0.0395. The summed E-state index contributed by atoms with van der Waals surface area (Å²) >= 11 is 0. The molecule has 1 heterocycles. The van der Waals surface area contributed by atoms with Crippen molar-refractivity contribution in [3.05, 3.63) is 42.0 Å². The lowest BCUT2D eigenvalue weighted by molar-refractivity contribution is -0.147. The van der Waals surface area contributed by atoms with Gasteiger partial charge in [0.25, 0.3) is 0 Å².